The van der Waals surface area contributed by atoms with Crippen LogP contribution in [0.15, 0.2) is 0 Å². The Labute approximate surface area is 108 Å². The molecule has 1 saturated heterocycles. The minimum Gasteiger partial charge on any atom is -0.480 e. The van der Waals surface area contributed by atoms with E-state index in [-0.39, 0.29) is 19.0 Å². The number of hydrogen-bond acceptors (Lipinski definition) is 6. The molecule has 1 aliphatic heterocycles. The summed E-state index contributed by atoms with van der Waals surface area (Å²) in [7, 11) is 1.13. The molecule has 0 spiro atoms. The van der Waals surface area contributed by atoms with E-state index in [0.29, 0.717) is 0 Å². The maximum atomic E-state index is 11.7. The zero-order chi connectivity index (χ0) is 14.4. The summed E-state index contributed by atoms with van der Waals surface area (Å²) in [4.78, 5) is 44.6. The fourth-order valence-corrected chi connectivity index (χ4v) is 1.47. The number of nitrogens with one attached hydrogen (secondary N) is 3. The number of carboxylic acid groups (broad SMARTS) is 1. The Hall–Kier alpha value is -2.16. The number of carbonyl (C=O) groups excluding carboxylic acids is 3. The molecule has 0 saturated carbocycles. The molecule has 9 nitrogen and oxygen atoms in total. The van der Waals surface area contributed by atoms with Crippen molar-refractivity contribution in [1.29, 1.82) is 0 Å². The van der Waals surface area contributed by atoms with Gasteiger partial charge in [-0.25, -0.2) is 4.79 Å². The molecule has 2 amide bonds. The van der Waals surface area contributed by atoms with Crippen LogP contribution < -0.4 is 16.0 Å². The van der Waals surface area contributed by atoms with Gasteiger partial charge in [0.15, 0.2) is 0 Å². The summed E-state index contributed by atoms with van der Waals surface area (Å²) >= 11 is 0. The monoisotopic (exact) mass is 273 g/mol. The van der Waals surface area contributed by atoms with Crippen LogP contribution in [-0.2, 0) is 23.9 Å². The lowest BCUT2D eigenvalue weighted by Crippen LogP contribution is -2.60. The van der Waals surface area contributed by atoms with Crippen molar-refractivity contribution in [3.8, 4) is 0 Å². The maximum absolute atomic E-state index is 11.7. The van der Waals surface area contributed by atoms with Crippen LogP contribution in [0.1, 0.15) is 6.42 Å². The minimum absolute atomic E-state index is 0.0210. The number of methoxy groups -OCH3 is 1. The molecular formula is C10H15N3O6. The third kappa shape index (κ3) is 4.54. The summed E-state index contributed by atoms with van der Waals surface area (Å²) < 4.78 is 4.35. The number of rotatable bonds is 5. The highest BCUT2D eigenvalue weighted by Crippen LogP contribution is 1.97. The summed E-state index contributed by atoms with van der Waals surface area (Å²) in [6, 6.07) is -2.09. The minimum atomic E-state index is -1.36. The fourth-order valence-electron chi connectivity index (χ4n) is 1.47. The number of piperazine rings is 1. The van der Waals surface area contributed by atoms with Crippen molar-refractivity contribution in [3.05, 3.63) is 0 Å². The standard InChI is InChI=1S/C10H15N3O6/c1-19-8(15)2-5(10(17)18)13-9(16)6-3-12-7(14)4-11-6/h5-6,11H,2-4H2,1H3,(H,12,14)(H,13,16)(H,17,18)/t5-,6?/m0/s1. The van der Waals surface area contributed by atoms with Gasteiger partial charge in [-0.3, -0.25) is 19.7 Å². The highest BCUT2D eigenvalue weighted by Gasteiger charge is 2.29. The van der Waals surface area contributed by atoms with Crippen LogP contribution in [0.3, 0.4) is 0 Å². The van der Waals surface area contributed by atoms with Crippen LogP contribution in [0.25, 0.3) is 0 Å². The number of carboxylic acids is 1. The Kier molecular flexibility index (Phi) is 5.24. The SMILES string of the molecule is COC(=O)C[C@H](NC(=O)C1CNC(=O)CN1)C(=O)O. The number of hydrogen-bond donors (Lipinski definition) is 4. The lowest BCUT2D eigenvalue weighted by atomic mass is 10.1. The van der Waals surface area contributed by atoms with E-state index >= 15 is 0 Å². The van der Waals surface area contributed by atoms with Gasteiger partial charge in [-0.15, -0.1) is 0 Å². The van der Waals surface area contributed by atoms with E-state index in [9.17, 15) is 19.2 Å². The summed E-state index contributed by atoms with van der Waals surface area (Å²) in [5.41, 5.74) is 0. The summed E-state index contributed by atoms with van der Waals surface area (Å²) in [5.74, 6) is -2.92. The Morgan fingerprint density at radius 3 is 2.68 bits per heavy atom. The highest BCUT2D eigenvalue weighted by atomic mass is 16.5. The number of esters is 1. The van der Waals surface area contributed by atoms with Crippen LogP contribution in [-0.4, -0.2) is 61.1 Å². The largest absolute Gasteiger partial charge is 0.480 e. The highest BCUT2D eigenvalue weighted by molar-refractivity contribution is 5.91. The molecular weight excluding hydrogens is 258 g/mol. The smallest absolute Gasteiger partial charge is 0.326 e. The zero-order valence-electron chi connectivity index (χ0n) is 10.3. The van der Waals surface area contributed by atoms with Crippen molar-refractivity contribution in [2.75, 3.05) is 20.2 Å². The number of aliphatic carboxylic acids is 1. The van der Waals surface area contributed by atoms with Crippen LogP contribution in [0, 0.1) is 0 Å². The molecule has 19 heavy (non-hydrogen) atoms. The number of carbonyl (C=O) groups is 4. The third-order valence-electron chi connectivity index (χ3n) is 2.54. The van der Waals surface area contributed by atoms with Gasteiger partial charge in [0.2, 0.25) is 11.8 Å². The molecule has 1 unspecified atom stereocenters. The molecule has 1 aliphatic rings. The summed E-state index contributed by atoms with van der Waals surface area (Å²) in [5, 5.41) is 16.2. The zero-order valence-corrected chi connectivity index (χ0v) is 10.3. The Balaban J connectivity index is 2.53. The van der Waals surface area contributed by atoms with Gasteiger partial charge in [0.05, 0.1) is 20.1 Å². The predicted octanol–water partition coefficient (Wildman–Crippen LogP) is -2.79. The third-order valence-corrected chi connectivity index (χ3v) is 2.54. The molecule has 0 bridgehead atoms. The van der Waals surface area contributed by atoms with Crippen LogP contribution >= 0.6 is 0 Å². The molecule has 0 aromatic rings. The molecule has 1 fully saturated rings. The van der Waals surface area contributed by atoms with Crippen molar-refractivity contribution in [2.45, 2.75) is 18.5 Å². The van der Waals surface area contributed by atoms with Crippen molar-refractivity contribution < 1.29 is 29.0 Å². The number of ether oxygens (including phenoxy) is 1. The van der Waals surface area contributed by atoms with Gasteiger partial charge in [-0.1, -0.05) is 0 Å². The molecule has 0 aromatic heterocycles. The van der Waals surface area contributed by atoms with E-state index in [4.69, 9.17) is 5.11 Å². The Bertz CT molecular complexity index is 387. The van der Waals surface area contributed by atoms with Crippen molar-refractivity contribution in [1.82, 2.24) is 16.0 Å². The van der Waals surface area contributed by atoms with Gasteiger partial charge in [0, 0.05) is 6.54 Å². The average Bonchev–Trinajstić information content (AvgIpc) is 2.38. The van der Waals surface area contributed by atoms with E-state index in [0.717, 1.165) is 7.11 Å². The van der Waals surface area contributed by atoms with E-state index in [1.165, 1.54) is 0 Å². The van der Waals surface area contributed by atoms with Gasteiger partial charge in [-0.05, 0) is 0 Å². The molecule has 106 valence electrons. The average molecular weight is 273 g/mol. The fraction of sp³-hybridized carbons (Fsp3) is 0.600. The molecule has 1 heterocycles. The molecule has 4 N–H and O–H groups in total. The Morgan fingerprint density at radius 2 is 2.21 bits per heavy atom. The number of amides is 2. The first kappa shape index (κ1) is 14.9. The first-order valence-corrected chi connectivity index (χ1v) is 5.54. The normalized spacial score (nSPS) is 20.1. The second-order valence-electron chi connectivity index (χ2n) is 3.92. The molecule has 0 radical (unpaired) electrons. The lowest BCUT2D eigenvalue weighted by molar-refractivity contribution is -0.149. The van der Waals surface area contributed by atoms with Crippen molar-refractivity contribution in [2.24, 2.45) is 0 Å². The summed E-state index contributed by atoms with van der Waals surface area (Å²) in [6.45, 7) is 0.0437. The molecule has 0 aromatic carbocycles. The van der Waals surface area contributed by atoms with Crippen molar-refractivity contribution in [3.63, 3.8) is 0 Å². The lowest BCUT2D eigenvalue weighted by Gasteiger charge is -2.24. The van der Waals surface area contributed by atoms with Crippen LogP contribution in [0.5, 0.6) is 0 Å². The molecule has 9 heteroatoms. The quantitative estimate of drug-likeness (QED) is 0.398. The van der Waals surface area contributed by atoms with Gasteiger partial charge in [0.1, 0.15) is 12.1 Å². The van der Waals surface area contributed by atoms with Gasteiger partial charge in [-0.2, -0.15) is 0 Å². The molecule has 2 atom stereocenters. The first-order valence-electron chi connectivity index (χ1n) is 5.54. The topological polar surface area (TPSA) is 134 Å². The first-order chi connectivity index (χ1) is 8.93. The summed E-state index contributed by atoms with van der Waals surface area (Å²) in [6.07, 6.45) is -0.462. The van der Waals surface area contributed by atoms with Gasteiger partial charge < -0.3 is 20.5 Å². The van der Waals surface area contributed by atoms with Crippen molar-refractivity contribution >= 4 is 23.8 Å². The van der Waals surface area contributed by atoms with E-state index < -0.39 is 36.4 Å². The Morgan fingerprint density at radius 1 is 1.53 bits per heavy atom. The maximum Gasteiger partial charge on any atom is 0.326 e. The van der Waals surface area contributed by atoms with E-state index in [1.807, 2.05) is 0 Å². The second kappa shape index (κ2) is 6.69. The molecule has 0 aliphatic carbocycles. The van der Waals surface area contributed by atoms with E-state index in [1.54, 1.807) is 0 Å². The van der Waals surface area contributed by atoms with E-state index in [2.05, 4.69) is 20.7 Å². The molecule has 1 rings (SSSR count). The van der Waals surface area contributed by atoms with Crippen LogP contribution in [0.4, 0.5) is 0 Å². The van der Waals surface area contributed by atoms with Gasteiger partial charge >= 0.3 is 11.9 Å². The second-order valence-corrected chi connectivity index (χ2v) is 3.92. The van der Waals surface area contributed by atoms with Gasteiger partial charge in [0.25, 0.3) is 0 Å². The van der Waals surface area contributed by atoms with Crippen LogP contribution in [0.2, 0.25) is 0 Å². The predicted molar refractivity (Wildman–Crippen MR) is 61.0 cm³/mol.